The average molecular weight is 465 g/mol. The molecule has 2 aromatic carbocycles. The number of hydrogen-bond donors (Lipinski definition) is 0. The van der Waals surface area contributed by atoms with E-state index in [0.29, 0.717) is 0 Å². The van der Waals surface area contributed by atoms with Gasteiger partial charge in [-0.2, -0.15) is 0 Å². The lowest BCUT2D eigenvalue weighted by molar-refractivity contribution is 0.386. The van der Waals surface area contributed by atoms with Gasteiger partial charge in [-0.15, -0.1) is 0 Å². The molecule has 0 saturated heterocycles. The van der Waals surface area contributed by atoms with Gasteiger partial charge in [0.2, 0.25) is 0 Å². The number of alkyl halides is 1. The first-order valence-corrected chi connectivity index (χ1v) is 8.39. The van der Waals surface area contributed by atoms with Gasteiger partial charge in [0.15, 0.2) is 0 Å². The van der Waals surface area contributed by atoms with Crippen LogP contribution in [0, 0.1) is 0 Å². The molecule has 106 valence electrons. The molecular formula is C15H13Br3O2. The minimum atomic E-state index is 0.0234. The van der Waals surface area contributed by atoms with Crippen molar-refractivity contribution in [2.45, 2.75) is 4.83 Å². The second-order valence-electron chi connectivity index (χ2n) is 4.09. The highest BCUT2D eigenvalue weighted by Gasteiger charge is 2.21. The Labute approximate surface area is 143 Å². The van der Waals surface area contributed by atoms with Gasteiger partial charge in [-0.05, 0) is 33.6 Å². The van der Waals surface area contributed by atoms with Crippen LogP contribution in [0.3, 0.4) is 0 Å². The summed E-state index contributed by atoms with van der Waals surface area (Å²) >= 11 is 10.9. The zero-order valence-corrected chi connectivity index (χ0v) is 15.7. The highest BCUT2D eigenvalue weighted by atomic mass is 79.9. The molecule has 0 N–H and O–H groups in total. The van der Waals surface area contributed by atoms with E-state index in [1.165, 1.54) is 0 Å². The highest BCUT2D eigenvalue weighted by molar-refractivity contribution is 9.11. The van der Waals surface area contributed by atoms with Crippen LogP contribution in [0.2, 0.25) is 0 Å². The lowest BCUT2D eigenvalue weighted by atomic mass is 10.0. The van der Waals surface area contributed by atoms with Crippen LogP contribution in [0.25, 0.3) is 0 Å². The number of hydrogen-bond acceptors (Lipinski definition) is 2. The van der Waals surface area contributed by atoms with Gasteiger partial charge in [-0.25, -0.2) is 0 Å². The zero-order valence-electron chi connectivity index (χ0n) is 11.0. The predicted octanol–water partition coefficient (Wildman–Crippen LogP) is 5.71. The summed E-state index contributed by atoms with van der Waals surface area (Å²) in [7, 11) is 3.29. The molecule has 0 radical (unpaired) electrons. The number of ether oxygens (including phenoxy) is 2. The first-order valence-electron chi connectivity index (χ1n) is 5.89. The molecular weight excluding hydrogens is 452 g/mol. The Morgan fingerprint density at radius 1 is 0.900 bits per heavy atom. The van der Waals surface area contributed by atoms with E-state index in [9.17, 15) is 0 Å². The maximum absolute atomic E-state index is 5.53. The van der Waals surface area contributed by atoms with E-state index < -0.39 is 0 Å². The molecule has 1 unspecified atom stereocenters. The van der Waals surface area contributed by atoms with Crippen LogP contribution < -0.4 is 9.47 Å². The second kappa shape index (κ2) is 6.96. The normalized spacial score (nSPS) is 12.1. The molecule has 0 heterocycles. The van der Waals surface area contributed by atoms with E-state index in [2.05, 4.69) is 53.9 Å². The largest absolute Gasteiger partial charge is 0.495 e. The number of halogens is 3. The van der Waals surface area contributed by atoms with Crippen LogP contribution in [0.5, 0.6) is 11.5 Å². The molecule has 0 aliphatic carbocycles. The van der Waals surface area contributed by atoms with Crippen LogP contribution in [0.1, 0.15) is 16.0 Å². The second-order valence-corrected chi connectivity index (χ2v) is 6.65. The summed E-state index contributed by atoms with van der Waals surface area (Å²) in [4.78, 5) is 0.0234. The lowest BCUT2D eigenvalue weighted by Crippen LogP contribution is -2.00. The maximum atomic E-state index is 5.53. The Hall–Kier alpha value is -0.520. The predicted molar refractivity (Wildman–Crippen MR) is 92.2 cm³/mol. The topological polar surface area (TPSA) is 18.5 Å². The van der Waals surface area contributed by atoms with Crippen molar-refractivity contribution in [1.82, 2.24) is 0 Å². The van der Waals surface area contributed by atoms with E-state index in [-0.39, 0.29) is 4.83 Å². The smallest absolute Gasteiger partial charge is 0.141 e. The van der Waals surface area contributed by atoms with Crippen molar-refractivity contribution < 1.29 is 9.47 Å². The lowest BCUT2D eigenvalue weighted by Gasteiger charge is -2.18. The van der Waals surface area contributed by atoms with Gasteiger partial charge in [-0.3, -0.25) is 0 Å². The monoisotopic (exact) mass is 462 g/mol. The molecule has 0 aliphatic heterocycles. The first-order chi connectivity index (χ1) is 9.60. The van der Waals surface area contributed by atoms with Crippen LogP contribution in [0.4, 0.5) is 0 Å². The summed E-state index contributed by atoms with van der Waals surface area (Å²) in [6, 6.07) is 12.0. The molecule has 0 aromatic heterocycles. The van der Waals surface area contributed by atoms with Gasteiger partial charge in [0.05, 0.1) is 19.0 Å². The van der Waals surface area contributed by atoms with E-state index >= 15 is 0 Å². The Morgan fingerprint density at radius 3 is 2.20 bits per heavy atom. The van der Waals surface area contributed by atoms with Crippen molar-refractivity contribution in [3.63, 3.8) is 0 Å². The van der Waals surface area contributed by atoms with Crippen molar-refractivity contribution in [2.75, 3.05) is 14.2 Å². The number of rotatable bonds is 4. The standard InChI is InChI=1S/C15H13Br3O2/c1-19-12-8-7-10(15(20-2)14(12)18)13(17)9-5-3-4-6-11(9)16/h3-8,13H,1-2H3. The fourth-order valence-electron chi connectivity index (χ4n) is 1.97. The summed E-state index contributed by atoms with van der Waals surface area (Å²) in [6.45, 7) is 0. The van der Waals surface area contributed by atoms with Gasteiger partial charge in [0.25, 0.3) is 0 Å². The third-order valence-electron chi connectivity index (χ3n) is 2.97. The van der Waals surface area contributed by atoms with Gasteiger partial charge >= 0.3 is 0 Å². The third kappa shape index (κ3) is 3.05. The van der Waals surface area contributed by atoms with Crippen molar-refractivity contribution in [1.29, 1.82) is 0 Å². The van der Waals surface area contributed by atoms with Gasteiger partial charge < -0.3 is 9.47 Å². The number of methoxy groups -OCH3 is 2. The summed E-state index contributed by atoms with van der Waals surface area (Å²) in [5, 5.41) is 0. The SMILES string of the molecule is COc1ccc(C(Br)c2ccccc2Br)c(OC)c1Br. The molecule has 0 spiro atoms. The Balaban J connectivity index is 2.53. The number of benzene rings is 2. The molecule has 0 fully saturated rings. The molecule has 2 rings (SSSR count). The van der Waals surface area contributed by atoms with Crippen LogP contribution in [0.15, 0.2) is 45.3 Å². The van der Waals surface area contributed by atoms with Crippen molar-refractivity contribution >= 4 is 47.8 Å². The summed E-state index contributed by atoms with van der Waals surface area (Å²) in [5.74, 6) is 1.51. The fraction of sp³-hybridized carbons (Fsp3) is 0.200. The Bertz CT molecular complexity index is 614. The highest BCUT2D eigenvalue weighted by Crippen LogP contribution is 2.45. The zero-order chi connectivity index (χ0) is 14.7. The first kappa shape index (κ1) is 15.9. The van der Waals surface area contributed by atoms with Gasteiger partial charge in [0.1, 0.15) is 16.0 Å². The Morgan fingerprint density at radius 2 is 1.60 bits per heavy atom. The Kier molecular flexibility index (Phi) is 5.52. The average Bonchev–Trinajstić information content (AvgIpc) is 2.46. The summed E-state index contributed by atoms with van der Waals surface area (Å²) < 4.78 is 12.7. The van der Waals surface area contributed by atoms with E-state index in [1.807, 2.05) is 30.3 Å². The molecule has 0 saturated carbocycles. The van der Waals surface area contributed by atoms with Gasteiger partial charge in [-0.1, -0.05) is 56.1 Å². The van der Waals surface area contributed by atoms with Crippen molar-refractivity contribution in [2.24, 2.45) is 0 Å². The molecule has 0 bridgehead atoms. The van der Waals surface area contributed by atoms with Crippen LogP contribution in [-0.4, -0.2) is 14.2 Å². The quantitative estimate of drug-likeness (QED) is 0.539. The van der Waals surface area contributed by atoms with E-state index in [1.54, 1.807) is 14.2 Å². The van der Waals surface area contributed by atoms with Gasteiger partial charge in [0, 0.05) is 10.0 Å². The molecule has 20 heavy (non-hydrogen) atoms. The molecule has 2 nitrogen and oxygen atoms in total. The molecule has 1 atom stereocenters. The minimum Gasteiger partial charge on any atom is -0.495 e. The summed E-state index contributed by atoms with van der Waals surface area (Å²) in [5.41, 5.74) is 2.18. The molecule has 0 aliphatic rings. The van der Waals surface area contributed by atoms with Crippen molar-refractivity contribution in [3.8, 4) is 11.5 Å². The van der Waals surface area contributed by atoms with Crippen LogP contribution in [-0.2, 0) is 0 Å². The molecule has 0 amide bonds. The van der Waals surface area contributed by atoms with Crippen LogP contribution >= 0.6 is 47.8 Å². The fourth-order valence-corrected chi connectivity index (χ4v) is 4.23. The maximum Gasteiger partial charge on any atom is 0.141 e. The van der Waals surface area contributed by atoms with Crippen molar-refractivity contribution in [3.05, 3.63) is 56.5 Å². The summed E-state index contributed by atoms with van der Waals surface area (Å²) in [6.07, 6.45) is 0. The van der Waals surface area contributed by atoms with E-state index in [0.717, 1.165) is 31.6 Å². The third-order valence-corrected chi connectivity index (χ3v) is 5.43. The minimum absolute atomic E-state index is 0.0234. The molecule has 2 aromatic rings. The van der Waals surface area contributed by atoms with E-state index in [4.69, 9.17) is 9.47 Å². The molecule has 5 heteroatoms.